The van der Waals surface area contributed by atoms with Gasteiger partial charge in [0, 0.05) is 22.2 Å². The second kappa shape index (κ2) is 8.02. The summed E-state index contributed by atoms with van der Waals surface area (Å²) >= 11 is 0. The Morgan fingerprint density at radius 2 is 1.51 bits per heavy atom. The van der Waals surface area contributed by atoms with Crippen LogP contribution in [0.1, 0.15) is 21.5 Å². The summed E-state index contributed by atoms with van der Waals surface area (Å²) in [7, 11) is 2.09. The molecule has 186 valence electrons. The molecule has 4 heteroatoms. The Morgan fingerprint density at radius 3 is 2.36 bits per heavy atom. The molecule has 4 nitrogen and oxygen atoms in total. The van der Waals surface area contributed by atoms with E-state index in [4.69, 9.17) is 4.74 Å². The van der Waals surface area contributed by atoms with Crippen LogP contribution in [-0.4, -0.2) is 10.4 Å². The average Bonchev–Trinajstić information content (AvgIpc) is 3.31. The molecular formula is C35H25N2O2+. The Hall–Kier alpha value is -4.96. The molecule has 0 amide bonds. The van der Waals surface area contributed by atoms with Gasteiger partial charge in [0.25, 0.3) is 0 Å². The lowest BCUT2D eigenvalue weighted by molar-refractivity contribution is -0.643. The molecule has 0 saturated heterocycles. The molecule has 0 saturated carbocycles. The molecule has 0 aliphatic rings. The first kappa shape index (κ1) is 22.1. The quantitative estimate of drug-likeness (QED) is 0.107. The van der Waals surface area contributed by atoms with E-state index in [1.807, 2.05) is 36.4 Å². The number of ether oxygens (including phenoxy) is 1. The van der Waals surface area contributed by atoms with Gasteiger partial charge in [0.1, 0.15) is 13.7 Å². The summed E-state index contributed by atoms with van der Waals surface area (Å²) in [5, 5.41) is 7.85. The maximum absolute atomic E-state index is 13.7. The van der Waals surface area contributed by atoms with Crippen molar-refractivity contribution in [3.05, 3.63) is 120 Å². The minimum atomic E-state index is -0.307. The lowest BCUT2D eigenvalue weighted by Gasteiger charge is -2.16. The molecule has 8 rings (SSSR count). The predicted molar refractivity (Wildman–Crippen MR) is 158 cm³/mol. The Kier molecular flexibility index (Phi) is 4.54. The molecule has 0 aliphatic carbocycles. The second-order valence-corrected chi connectivity index (χ2v) is 10.4. The van der Waals surface area contributed by atoms with E-state index in [-0.39, 0.29) is 12.6 Å². The first-order valence-electron chi connectivity index (χ1n) is 13.2. The van der Waals surface area contributed by atoms with Crippen molar-refractivity contribution in [3.8, 4) is 0 Å². The van der Waals surface area contributed by atoms with Gasteiger partial charge in [-0.3, -0.25) is 0 Å². The van der Waals surface area contributed by atoms with Crippen molar-refractivity contribution in [1.82, 2.24) is 4.40 Å². The largest absolute Gasteiger partial charge is 0.457 e. The van der Waals surface area contributed by atoms with E-state index in [0.29, 0.717) is 5.56 Å². The SMILES string of the molecule is Cc1c2ccccc2cc2c1c1c3c(cc[n+]1C)c(C(=O)OCc1ccccc1)cc1c4ccccc4n2c13. The predicted octanol–water partition coefficient (Wildman–Crippen LogP) is 7.63. The number of hydrogen-bond donors (Lipinski definition) is 0. The number of para-hydroxylation sites is 1. The van der Waals surface area contributed by atoms with Crippen molar-refractivity contribution in [1.29, 1.82) is 0 Å². The lowest BCUT2D eigenvalue weighted by atomic mass is 9.94. The van der Waals surface area contributed by atoms with Gasteiger partial charge in [-0.25, -0.2) is 9.36 Å². The fourth-order valence-corrected chi connectivity index (χ4v) is 6.50. The fourth-order valence-electron chi connectivity index (χ4n) is 6.50. The van der Waals surface area contributed by atoms with Gasteiger partial charge in [-0.05, 0) is 47.0 Å². The molecule has 0 unspecified atom stereocenters. The van der Waals surface area contributed by atoms with E-state index < -0.39 is 0 Å². The molecule has 3 heterocycles. The van der Waals surface area contributed by atoms with E-state index in [1.54, 1.807) is 0 Å². The summed E-state index contributed by atoms with van der Waals surface area (Å²) < 4.78 is 10.5. The summed E-state index contributed by atoms with van der Waals surface area (Å²) in [6.45, 7) is 2.45. The summed E-state index contributed by atoms with van der Waals surface area (Å²) in [5.74, 6) is -0.307. The molecule has 0 spiro atoms. The highest BCUT2D eigenvalue weighted by molar-refractivity contribution is 6.31. The van der Waals surface area contributed by atoms with Crippen molar-refractivity contribution < 1.29 is 14.1 Å². The molecule has 5 aromatic carbocycles. The normalized spacial score (nSPS) is 12.1. The van der Waals surface area contributed by atoms with Crippen molar-refractivity contribution in [3.63, 3.8) is 0 Å². The molecule has 39 heavy (non-hydrogen) atoms. The van der Waals surface area contributed by atoms with E-state index in [9.17, 15) is 4.79 Å². The number of nitrogens with zero attached hydrogens (tertiary/aromatic N) is 2. The van der Waals surface area contributed by atoms with Crippen molar-refractivity contribution in [2.24, 2.45) is 7.05 Å². The Labute approximate surface area is 224 Å². The van der Waals surface area contributed by atoms with Gasteiger partial charge in [0.15, 0.2) is 6.20 Å². The third-order valence-electron chi connectivity index (χ3n) is 8.25. The van der Waals surface area contributed by atoms with Crippen LogP contribution in [0.3, 0.4) is 0 Å². The average molecular weight is 506 g/mol. The van der Waals surface area contributed by atoms with Gasteiger partial charge < -0.3 is 9.14 Å². The van der Waals surface area contributed by atoms with Crippen LogP contribution in [-0.2, 0) is 18.4 Å². The number of esters is 1. The van der Waals surface area contributed by atoms with Crippen LogP contribution < -0.4 is 4.57 Å². The molecule has 8 aromatic rings. The highest BCUT2D eigenvalue weighted by atomic mass is 16.5. The highest BCUT2D eigenvalue weighted by Gasteiger charge is 2.28. The standard InChI is InChI=1S/C35H25N2O2/c1-21-24-13-7-6-12-23(24)18-30-31(21)34-32-26(16-17-36(34)2)28(35(38)39-20-22-10-4-3-5-11-22)19-27-25-14-8-9-15-29(25)37(30)33(27)32/h3-19H,20H2,1-2H3/q+1. The van der Waals surface area contributed by atoms with E-state index in [1.165, 1.54) is 27.2 Å². The van der Waals surface area contributed by atoms with Gasteiger partial charge in [0.05, 0.1) is 32.9 Å². The zero-order valence-corrected chi connectivity index (χ0v) is 21.7. The third kappa shape index (κ3) is 3.00. The zero-order chi connectivity index (χ0) is 26.2. The molecule has 0 aliphatic heterocycles. The monoisotopic (exact) mass is 505 g/mol. The third-order valence-corrected chi connectivity index (χ3v) is 8.25. The van der Waals surface area contributed by atoms with Crippen LogP contribution in [0.15, 0.2) is 103 Å². The Balaban J connectivity index is 1.55. The second-order valence-electron chi connectivity index (χ2n) is 10.4. The van der Waals surface area contributed by atoms with Gasteiger partial charge >= 0.3 is 5.97 Å². The molecular weight excluding hydrogens is 480 g/mol. The first-order chi connectivity index (χ1) is 19.1. The van der Waals surface area contributed by atoms with E-state index in [0.717, 1.165) is 43.7 Å². The minimum Gasteiger partial charge on any atom is -0.457 e. The summed E-state index contributed by atoms with van der Waals surface area (Å²) in [5.41, 5.74) is 7.38. The van der Waals surface area contributed by atoms with Gasteiger partial charge in [-0.2, -0.15) is 0 Å². The van der Waals surface area contributed by atoms with Gasteiger partial charge in [-0.15, -0.1) is 0 Å². The lowest BCUT2D eigenvalue weighted by Crippen LogP contribution is -2.29. The molecule has 0 radical (unpaired) electrons. The van der Waals surface area contributed by atoms with Crippen LogP contribution in [0.25, 0.3) is 59.8 Å². The maximum atomic E-state index is 13.7. The molecule has 0 bridgehead atoms. The Bertz CT molecular complexity index is 2260. The topological polar surface area (TPSA) is 34.6 Å². The van der Waals surface area contributed by atoms with Gasteiger partial charge in [-0.1, -0.05) is 72.8 Å². The summed E-state index contributed by atoms with van der Waals surface area (Å²) in [6, 6.07) is 33.3. The van der Waals surface area contributed by atoms with Crippen LogP contribution in [0, 0.1) is 6.92 Å². The Morgan fingerprint density at radius 1 is 0.769 bits per heavy atom. The van der Waals surface area contributed by atoms with Crippen molar-refractivity contribution in [2.75, 3.05) is 0 Å². The van der Waals surface area contributed by atoms with Crippen LogP contribution in [0.4, 0.5) is 0 Å². The number of aromatic nitrogens is 2. The summed E-state index contributed by atoms with van der Waals surface area (Å²) in [6.07, 6.45) is 2.06. The van der Waals surface area contributed by atoms with Crippen molar-refractivity contribution in [2.45, 2.75) is 13.5 Å². The van der Waals surface area contributed by atoms with Crippen LogP contribution in [0.2, 0.25) is 0 Å². The number of fused-ring (bicyclic) bond motifs is 7. The maximum Gasteiger partial charge on any atom is 0.339 e. The number of benzene rings is 5. The fraction of sp³-hybridized carbons (Fsp3) is 0.0857. The summed E-state index contributed by atoms with van der Waals surface area (Å²) in [4.78, 5) is 13.7. The number of rotatable bonds is 3. The molecule has 0 N–H and O–H groups in total. The zero-order valence-electron chi connectivity index (χ0n) is 21.7. The number of carbonyl (C=O) groups is 1. The molecule has 0 atom stereocenters. The van der Waals surface area contributed by atoms with Gasteiger partial charge in [0.2, 0.25) is 5.52 Å². The minimum absolute atomic E-state index is 0.238. The first-order valence-corrected chi connectivity index (χ1v) is 13.2. The van der Waals surface area contributed by atoms with E-state index in [2.05, 4.69) is 89.8 Å². The molecule has 3 aromatic heterocycles. The highest BCUT2D eigenvalue weighted by Crippen LogP contribution is 2.43. The molecule has 0 fully saturated rings. The van der Waals surface area contributed by atoms with E-state index >= 15 is 0 Å². The number of pyridine rings is 2. The number of carbonyl (C=O) groups excluding carboxylic acids is 1. The number of aryl methyl sites for hydroxylation is 2. The van der Waals surface area contributed by atoms with Crippen LogP contribution in [0.5, 0.6) is 0 Å². The smallest absolute Gasteiger partial charge is 0.339 e. The van der Waals surface area contributed by atoms with Crippen molar-refractivity contribution >= 4 is 65.7 Å². The van der Waals surface area contributed by atoms with Crippen LogP contribution >= 0.6 is 0 Å². The number of hydrogen-bond acceptors (Lipinski definition) is 2.